The predicted octanol–water partition coefficient (Wildman–Crippen LogP) is 4.32. The lowest BCUT2D eigenvalue weighted by molar-refractivity contribution is 0.632. The Labute approximate surface area is 109 Å². The molecule has 1 nitrogen and oxygen atoms in total. The van der Waals surface area contributed by atoms with E-state index >= 15 is 0 Å². The molecule has 0 atom stereocenters. The minimum absolute atomic E-state index is 0.858. The lowest BCUT2D eigenvalue weighted by Crippen LogP contribution is -2.15. The molecule has 0 aromatic heterocycles. The van der Waals surface area contributed by atoms with Crippen LogP contribution in [0.3, 0.4) is 0 Å². The SMILES string of the molecule is Clc1ccccc1CNCCC1=CCCCC1. The van der Waals surface area contributed by atoms with Gasteiger partial charge in [0, 0.05) is 11.6 Å². The predicted molar refractivity (Wildman–Crippen MR) is 74.3 cm³/mol. The quantitative estimate of drug-likeness (QED) is 0.605. The largest absolute Gasteiger partial charge is 0.312 e. The Kier molecular flexibility index (Phi) is 5.08. The van der Waals surface area contributed by atoms with Gasteiger partial charge in [-0.3, -0.25) is 0 Å². The second-order valence-corrected chi connectivity index (χ2v) is 5.03. The third-order valence-electron chi connectivity index (χ3n) is 3.28. The summed E-state index contributed by atoms with van der Waals surface area (Å²) in [5.41, 5.74) is 2.81. The van der Waals surface area contributed by atoms with E-state index in [1.165, 1.54) is 37.7 Å². The Morgan fingerprint density at radius 2 is 2.06 bits per heavy atom. The van der Waals surface area contributed by atoms with Crippen molar-refractivity contribution >= 4 is 11.6 Å². The van der Waals surface area contributed by atoms with Gasteiger partial charge in [-0.2, -0.15) is 0 Å². The van der Waals surface area contributed by atoms with Crippen molar-refractivity contribution in [3.63, 3.8) is 0 Å². The van der Waals surface area contributed by atoms with Crippen LogP contribution in [0.4, 0.5) is 0 Å². The van der Waals surface area contributed by atoms with Crippen molar-refractivity contribution < 1.29 is 0 Å². The van der Waals surface area contributed by atoms with E-state index in [1.54, 1.807) is 5.57 Å². The van der Waals surface area contributed by atoms with Crippen LogP contribution in [0.5, 0.6) is 0 Å². The summed E-state index contributed by atoms with van der Waals surface area (Å²) in [6.07, 6.45) is 8.92. The number of rotatable bonds is 5. The van der Waals surface area contributed by atoms with Crippen LogP contribution < -0.4 is 5.32 Å². The van der Waals surface area contributed by atoms with Crippen molar-refractivity contribution in [1.29, 1.82) is 0 Å². The van der Waals surface area contributed by atoms with Crippen LogP contribution in [0.25, 0.3) is 0 Å². The third kappa shape index (κ3) is 4.18. The molecule has 1 N–H and O–H groups in total. The van der Waals surface area contributed by atoms with Crippen molar-refractivity contribution in [2.45, 2.75) is 38.6 Å². The molecule has 1 aromatic rings. The molecule has 0 heterocycles. The molecule has 0 aliphatic heterocycles. The molecule has 0 saturated heterocycles. The van der Waals surface area contributed by atoms with E-state index in [0.29, 0.717) is 0 Å². The Hall–Kier alpha value is -0.790. The molecular formula is C15H20ClN. The van der Waals surface area contributed by atoms with E-state index in [4.69, 9.17) is 11.6 Å². The van der Waals surface area contributed by atoms with Crippen molar-refractivity contribution in [2.75, 3.05) is 6.54 Å². The number of hydrogen-bond donors (Lipinski definition) is 1. The first-order chi connectivity index (χ1) is 8.36. The van der Waals surface area contributed by atoms with Gasteiger partial charge in [0.2, 0.25) is 0 Å². The first kappa shape index (κ1) is 12.7. The first-order valence-electron chi connectivity index (χ1n) is 6.48. The fourth-order valence-corrected chi connectivity index (χ4v) is 2.45. The van der Waals surface area contributed by atoms with Crippen LogP contribution in [0.15, 0.2) is 35.9 Å². The van der Waals surface area contributed by atoms with Crippen molar-refractivity contribution in [3.8, 4) is 0 Å². The number of nitrogens with one attached hydrogen (secondary N) is 1. The molecule has 1 aromatic carbocycles. The van der Waals surface area contributed by atoms with Gasteiger partial charge >= 0.3 is 0 Å². The molecule has 0 spiro atoms. The Bertz CT molecular complexity index is 384. The summed E-state index contributed by atoms with van der Waals surface area (Å²) in [6.45, 7) is 1.92. The number of allylic oxidation sites excluding steroid dienone is 1. The van der Waals surface area contributed by atoms with Gasteiger partial charge in [0.05, 0.1) is 0 Å². The number of halogens is 1. The van der Waals surface area contributed by atoms with Crippen LogP contribution in [-0.2, 0) is 6.54 Å². The third-order valence-corrected chi connectivity index (χ3v) is 3.65. The molecule has 2 heteroatoms. The minimum Gasteiger partial charge on any atom is -0.312 e. The van der Waals surface area contributed by atoms with E-state index in [0.717, 1.165) is 18.1 Å². The Morgan fingerprint density at radius 3 is 2.82 bits per heavy atom. The maximum atomic E-state index is 6.10. The molecule has 2 rings (SSSR count). The van der Waals surface area contributed by atoms with E-state index in [-0.39, 0.29) is 0 Å². The zero-order chi connectivity index (χ0) is 11.9. The fourth-order valence-electron chi connectivity index (χ4n) is 2.25. The molecule has 1 aliphatic carbocycles. The summed E-state index contributed by atoms with van der Waals surface area (Å²) in [6, 6.07) is 8.03. The van der Waals surface area contributed by atoms with Crippen molar-refractivity contribution in [3.05, 3.63) is 46.5 Å². The molecule has 17 heavy (non-hydrogen) atoms. The van der Waals surface area contributed by atoms with Crippen LogP contribution in [0.1, 0.15) is 37.7 Å². The maximum Gasteiger partial charge on any atom is 0.0450 e. The zero-order valence-corrected chi connectivity index (χ0v) is 11.0. The van der Waals surface area contributed by atoms with E-state index < -0.39 is 0 Å². The average molecular weight is 250 g/mol. The smallest absolute Gasteiger partial charge is 0.0450 e. The summed E-state index contributed by atoms with van der Waals surface area (Å²) >= 11 is 6.10. The molecular weight excluding hydrogens is 230 g/mol. The molecule has 0 fully saturated rings. The van der Waals surface area contributed by atoms with E-state index in [9.17, 15) is 0 Å². The van der Waals surface area contributed by atoms with Gasteiger partial charge in [-0.1, -0.05) is 41.4 Å². The summed E-state index contributed by atoms with van der Waals surface area (Å²) in [4.78, 5) is 0. The van der Waals surface area contributed by atoms with E-state index in [1.807, 2.05) is 18.2 Å². The van der Waals surface area contributed by atoms with Crippen LogP contribution in [0, 0.1) is 0 Å². The van der Waals surface area contributed by atoms with Gasteiger partial charge in [0.25, 0.3) is 0 Å². The number of hydrogen-bond acceptors (Lipinski definition) is 1. The van der Waals surface area contributed by atoms with Gasteiger partial charge in [-0.05, 0) is 50.3 Å². The van der Waals surface area contributed by atoms with E-state index in [2.05, 4.69) is 17.5 Å². The van der Waals surface area contributed by atoms with Gasteiger partial charge in [0.15, 0.2) is 0 Å². The summed E-state index contributed by atoms with van der Waals surface area (Å²) in [5, 5.41) is 4.32. The van der Waals surface area contributed by atoms with Gasteiger partial charge in [0.1, 0.15) is 0 Å². The zero-order valence-electron chi connectivity index (χ0n) is 10.2. The first-order valence-corrected chi connectivity index (χ1v) is 6.86. The molecule has 0 amide bonds. The Morgan fingerprint density at radius 1 is 1.18 bits per heavy atom. The second kappa shape index (κ2) is 6.83. The Balaban J connectivity index is 1.69. The lowest BCUT2D eigenvalue weighted by atomic mass is 9.97. The standard InChI is InChI=1S/C15H20ClN/c16-15-9-5-4-8-14(15)12-17-11-10-13-6-2-1-3-7-13/h4-6,8-9,17H,1-3,7,10-12H2. The maximum absolute atomic E-state index is 6.10. The molecule has 0 unspecified atom stereocenters. The monoisotopic (exact) mass is 249 g/mol. The molecule has 0 radical (unpaired) electrons. The van der Waals surface area contributed by atoms with Gasteiger partial charge < -0.3 is 5.32 Å². The normalized spacial score (nSPS) is 15.7. The minimum atomic E-state index is 0.858. The summed E-state index contributed by atoms with van der Waals surface area (Å²) < 4.78 is 0. The topological polar surface area (TPSA) is 12.0 Å². The van der Waals surface area contributed by atoms with Crippen molar-refractivity contribution in [1.82, 2.24) is 5.32 Å². The van der Waals surface area contributed by atoms with Crippen LogP contribution in [-0.4, -0.2) is 6.54 Å². The summed E-state index contributed by atoms with van der Waals surface area (Å²) in [7, 11) is 0. The van der Waals surface area contributed by atoms with Gasteiger partial charge in [-0.25, -0.2) is 0 Å². The molecule has 92 valence electrons. The highest BCUT2D eigenvalue weighted by molar-refractivity contribution is 6.31. The fraction of sp³-hybridized carbons (Fsp3) is 0.467. The highest BCUT2D eigenvalue weighted by Gasteiger charge is 2.03. The summed E-state index contributed by atoms with van der Waals surface area (Å²) in [5.74, 6) is 0. The van der Waals surface area contributed by atoms with Gasteiger partial charge in [-0.15, -0.1) is 0 Å². The highest BCUT2D eigenvalue weighted by atomic mass is 35.5. The average Bonchev–Trinajstić information content (AvgIpc) is 2.38. The lowest BCUT2D eigenvalue weighted by Gasteiger charge is -2.13. The second-order valence-electron chi connectivity index (χ2n) is 4.63. The molecule has 0 bridgehead atoms. The molecule has 0 saturated carbocycles. The number of benzene rings is 1. The van der Waals surface area contributed by atoms with Crippen molar-refractivity contribution in [2.24, 2.45) is 0 Å². The highest BCUT2D eigenvalue weighted by Crippen LogP contribution is 2.19. The van der Waals surface area contributed by atoms with Crippen LogP contribution >= 0.6 is 11.6 Å². The molecule has 1 aliphatic rings. The van der Waals surface area contributed by atoms with Crippen LogP contribution in [0.2, 0.25) is 5.02 Å².